The van der Waals surface area contributed by atoms with Crippen molar-refractivity contribution in [2.45, 2.75) is 33.2 Å². The van der Waals surface area contributed by atoms with E-state index in [0.717, 1.165) is 51.8 Å². The predicted molar refractivity (Wildman–Crippen MR) is 129 cm³/mol. The van der Waals surface area contributed by atoms with E-state index in [1.165, 1.54) is 5.56 Å². The van der Waals surface area contributed by atoms with Gasteiger partial charge in [0.2, 0.25) is 5.91 Å². The third-order valence-electron chi connectivity index (χ3n) is 6.03. The van der Waals surface area contributed by atoms with Crippen molar-refractivity contribution in [3.8, 4) is 5.69 Å². The van der Waals surface area contributed by atoms with Crippen LogP contribution in [0.4, 0.5) is 5.13 Å². The third-order valence-corrected chi connectivity index (χ3v) is 7.24. The summed E-state index contributed by atoms with van der Waals surface area (Å²) in [5, 5.41) is 8.79. The highest BCUT2D eigenvalue weighted by molar-refractivity contribution is 7.22. The molecule has 1 aliphatic rings. The second kappa shape index (κ2) is 8.74. The fraction of sp³-hybridized carbons (Fsp3) is 0.320. The van der Waals surface area contributed by atoms with Gasteiger partial charge in [-0.1, -0.05) is 59.4 Å². The molecule has 0 saturated carbocycles. The normalized spacial score (nSPS) is 16.4. The Morgan fingerprint density at radius 1 is 1.12 bits per heavy atom. The minimum atomic E-state index is -0.0204. The number of piperidine rings is 1. The average molecular weight is 446 g/mol. The molecule has 1 amide bonds. The van der Waals surface area contributed by atoms with E-state index in [4.69, 9.17) is 4.98 Å². The zero-order chi connectivity index (χ0) is 22.1. The van der Waals surface area contributed by atoms with Crippen LogP contribution in [0.15, 0.2) is 54.6 Å². The summed E-state index contributed by atoms with van der Waals surface area (Å²) in [5.74, 6) is 0.107. The summed E-state index contributed by atoms with van der Waals surface area (Å²) in [6.07, 6.45) is 1.90. The first-order valence-electron chi connectivity index (χ1n) is 11.1. The number of fused-ring (bicyclic) bond motifs is 1. The summed E-state index contributed by atoms with van der Waals surface area (Å²) in [5.41, 5.74) is 5.24. The van der Waals surface area contributed by atoms with Gasteiger partial charge in [0.1, 0.15) is 0 Å². The summed E-state index contributed by atoms with van der Waals surface area (Å²) < 4.78 is 3.02. The van der Waals surface area contributed by atoms with E-state index in [1.54, 1.807) is 11.3 Å². The maximum absolute atomic E-state index is 12.9. The van der Waals surface area contributed by atoms with Gasteiger partial charge in [-0.15, -0.1) is 0 Å². The van der Waals surface area contributed by atoms with Crippen molar-refractivity contribution >= 4 is 32.7 Å². The first-order chi connectivity index (χ1) is 15.6. The molecule has 1 fully saturated rings. The number of nitrogens with zero attached hydrogens (tertiary/aromatic N) is 4. The number of rotatable bonds is 5. The monoisotopic (exact) mass is 445 g/mol. The van der Waals surface area contributed by atoms with E-state index in [0.29, 0.717) is 13.1 Å². The molecular weight excluding hydrogens is 418 g/mol. The van der Waals surface area contributed by atoms with E-state index in [1.807, 2.05) is 41.9 Å². The van der Waals surface area contributed by atoms with Gasteiger partial charge in [-0.2, -0.15) is 10.1 Å². The van der Waals surface area contributed by atoms with Gasteiger partial charge in [0.05, 0.1) is 22.0 Å². The first kappa shape index (κ1) is 20.7. The van der Waals surface area contributed by atoms with Crippen LogP contribution in [-0.2, 0) is 11.3 Å². The Morgan fingerprint density at radius 3 is 2.69 bits per heavy atom. The van der Waals surface area contributed by atoms with Gasteiger partial charge in [0.25, 0.3) is 0 Å². The summed E-state index contributed by atoms with van der Waals surface area (Å²) in [6.45, 7) is 6.30. The molecule has 0 radical (unpaired) electrons. The molecule has 0 bridgehead atoms. The van der Waals surface area contributed by atoms with Crippen molar-refractivity contribution in [1.29, 1.82) is 0 Å². The van der Waals surface area contributed by atoms with E-state index >= 15 is 0 Å². The topological polar surface area (TPSA) is 63.1 Å². The van der Waals surface area contributed by atoms with E-state index in [2.05, 4.69) is 46.5 Å². The quantitative estimate of drug-likeness (QED) is 0.486. The Morgan fingerprint density at radius 2 is 1.91 bits per heavy atom. The molecule has 5 rings (SSSR count). The Hall–Kier alpha value is -3.19. The van der Waals surface area contributed by atoms with Crippen molar-refractivity contribution in [1.82, 2.24) is 20.1 Å². The van der Waals surface area contributed by atoms with Gasteiger partial charge >= 0.3 is 0 Å². The Balaban J connectivity index is 1.31. The number of para-hydroxylation sites is 1. The van der Waals surface area contributed by atoms with Gasteiger partial charge in [-0.05, 0) is 44.4 Å². The maximum Gasteiger partial charge on any atom is 0.225 e. The standard InChI is InChI=1S/C25H27N5OS/c1-17-10-12-19(13-11-17)15-26-24(31)20-7-6-14-29(16-20)25-27-23-22(32-25)18(2)28-30(23)21-8-4-3-5-9-21/h3-5,8-13,20H,6-7,14-16H2,1-2H3,(H,26,31). The molecule has 1 atom stereocenters. The van der Waals surface area contributed by atoms with Gasteiger partial charge in [-0.3, -0.25) is 4.79 Å². The Labute approximate surface area is 191 Å². The minimum Gasteiger partial charge on any atom is -0.352 e. The number of aromatic nitrogens is 3. The van der Waals surface area contributed by atoms with E-state index in [9.17, 15) is 4.79 Å². The average Bonchev–Trinajstić information content (AvgIpc) is 3.40. The van der Waals surface area contributed by atoms with E-state index in [-0.39, 0.29) is 11.8 Å². The highest BCUT2D eigenvalue weighted by Crippen LogP contribution is 2.34. The van der Waals surface area contributed by atoms with Crippen molar-refractivity contribution in [2.75, 3.05) is 18.0 Å². The molecule has 1 saturated heterocycles. The van der Waals surface area contributed by atoms with Crippen LogP contribution in [0.5, 0.6) is 0 Å². The van der Waals surface area contributed by atoms with Crippen LogP contribution in [0.2, 0.25) is 0 Å². The number of benzene rings is 2. The molecule has 0 spiro atoms. The number of hydrogen-bond acceptors (Lipinski definition) is 5. The number of aryl methyl sites for hydroxylation is 2. The highest BCUT2D eigenvalue weighted by atomic mass is 32.1. The number of amides is 1. The fourth-order valence-electron chi connectivity index (χ4n) is 4.21. The molecule has 6 nitrogen and oxygen atoms in total. The van der Waals surface area contributed by atoms with Crippen LogP contribution in [0, 0.1) is 19.8 Å². The van der Waals surface area contributed by atoms with Crippen molar-refractivity contribution < 1.29 is 4.79 Å². The van der Waals surface area contributed by atoms with Gasteiger partial charge in [0.15, 0.2) is 10.8 Å². The zero-order valence-corrected chi connectivity index (χ0v) is 19.2. The highest BCUT2D eigenvalue weighted by Gasteiger charge is 2.28. The number of anilines is 1. The summed E-state index contributed by atoms with van der Waals surface area (Å²) in [7, 11) is 0. The van der Waals surface area contributed by atoms with Crippen molar-refractivity contribution in [2.24, 2.45) is 5.92 Å². The lowest BCUT2D eigenvalue weighted by Gasteiger charge is -2.31. The lowest BCUT2D eigenvalue weighted by molar-refractivity contribution is -0.125. The lowest BCUT2D eigenvalue weighted by Crippen LogP contribution is -2.43. The largest absolute Gasteiger partial charge is 0.352 e. The zero-order valence-electron chi connectivity index (χ0n) is 18.4. The smallest absolute Gasteiger partial charge is 0.225 e. The van der Waals surface area contributed by atoms with Crippen LogP contribution in [0.1, 0.15) is 29.7 Å². The van der Waals surface area contributed by atoms with Gasteiger partial charge in [0, 0.05) is 19.6 Å². The Kier molecular flexibility index (Phi) is 5.66. The van der Waals surface area contributed by atoms with Gasteiger partial charge < -0.3 is 10.2 Å². The number of carbonyl (C=O) groups excluding carboxylic acids is 1. The molecule has 164 valence electrons. The molecule has 3 heterocycles. The molecule has 1 unspecified atom stereocenters. The van der Waals surface area contributed by atoms with Crippen molar-refractivity contribution in [3.63, 3.8) is 0 Å². The minimum absolute atomic E-state index is 0.0204. The molecule has 2 aromatic heterocycles. The summed E-state index contributed by atoms with van der Waals surface area (Å²) >= 11 is 1.67. The van der Waals surface area contributed by atoms with Crippen LogP contribution in [0.3, 0.4) is 0 Å². The predicted octanol–water partition coefficient (Wildman–Crippen LogP) is 4.63. The molecule has 32 heavy (non-hydrogen) atoms. The maximum atomic E-state index is 12.9. The van der Waals surface area contributed by atoms with E-state index < -0.39 is 0 Å². The van der Waals surface area contributed by atoms with Crippen LogP contribution < -0.4 is 10.2 Å². The Bertz CT molecular complexity index is 1230. The SMILES string of the molecule is Cc1ccc(CNC(=O)C2CCCN(c3nc4c(s3)c(C)nn4-c3ccccc3)C2)cc1. The number of thiazole rings is 1. The molecule has 4 aromatic rings. The second-order valence-electron chi connectivity index (χ2n) is 8.47. The third kappa shape index (κ3) is 4.12. The molecule has 1 aliphatic heterocycles. The molecule has 2 aromatic carbocycles. The van der Waals surface area contributed by atoms with Crippen LogP contribution in [0.25, 0.3) is 16.0 Å². The van der Waals surface area contributed by atoms with Crippen molar-refractivity contribution in [3.05, 3.63) is 71.4 Å². The second-order valence-corrected chi connectivity index (χ2v) is 9.45. The van der Waals surface area contributed by atoms with Crippen LogP contribution in [-0.4, -0.2) is 33.8 Å². The molecule has 7 heteroatoms. The first-order valence-corrected chi connectivity index (χ1v) is 11.9. The molecule has 1 N–H and O–H groups in total. The molecular formula is C25H27N5OS. The summed E-state index contributed by atoms with van der Waals surface area (Å²) in [6, 6.07) is 18.4. The summed E-state index contributed by atoms with van der Waals surface area (Å²) in [4.78, 5) is 20.1. The number of carbonyl (C=O) groups is 1. The molecule has 0 aliphatic carbocycles. The number of hydrogen-bond donors (Lipinski definition) is 1. The lowest BCUT2D eigenvalue weighted by atomic mass is 9.97. The van der Waals surface area contributed by atoms with Crippen LogP contribution >= 0.6 is 11.3 Å². The number of nitrogens with one attached hydrogen (secondary N) is 1. The van der Waals surface area contributed by atoms with Gasteiger partial charge in [-0.25, -0.2) is 4.68 Å². The fourth-order valence-corrected chi connectivity index (χ4v) is 5.23.